The normalized spacial score (nSPS) is 17.5. The Labute approximate surface area is 172 Å². The van der Waals surface area contributed by atoms with Gasteiger partial charge >= 0.3 is 0 Å². The zero-order valence-electron chi connectivity index (χ0n) is 17.7. The van der Waals surface area contributed by atoms with Crippen LogP contribution in [0.3, 0.4) is 0 Å². The first-order chi connectivity index (χ1) is 13.9. The van der Waals surface area contributed by atoms with Crippen LogP contribution in [-0.2, 0) is 9.59 Å². The molecule has 0 spiro atoms. The SMILES string of the molecule is Cc1ccc(C2=C(N3CCCCC3)C(=O)N(c3ccc(C)c(C)c3)C2=O)c(C)c1. The molecule has 2 aliphatic heterocycles. The number of aryl methyl sites for hydroxylation is 4. The second-order valence-corrected chi connectivity index (χ2v) is 8.30. The van der Waals surface area contributed by atoms with Gasteiger partial charge in [-0.1, -0.05) is 29.8 Å². The monoisotopic (exact) mass is 388 g/mol. The van der Waals surface area contributed by atoms with E-state index in [2.05, 4.69) is 11.0 Å². The highest BCUT2D eigenvalue weighted by Gasteiger charge is 2.43. The minimum absolute atomic E-state index is 0.199. The number of rotatable bonds is 3. The van der Waals surface area contributed by atoms with Crippen LogP contribution < -0.4 is 4.90 Å². The van der Waals surface area contributed by atoms with Gasteiger partial charge in [-0.2, -0.15) is 0 Å². The second kappa shape index (κ2) is 7.51. The summed E-state index contributed by atoms with van der Waals surface area (Å²) in [4.78, 5) is 30.7. The van der Waals surface area contributed by atoms with E-state index in [4.69, 9.17) is 0 Å². The molecule has 0 aromatic heterocycles. The molecule has 0 unspecified atom stereocenters. The van der Waals surface area contributed by atoms with Crippen molar-refractivity contribution < 1.29 is 9.59 Å². The average molecular weight is 389 g/mol. The molecule has 2 aromatic carbocycles. The van der Waals surface area contributed by atoms with Crippen LogP contribution in [0, 0.1) is 27.7 Å². The van der Waals surface area contributed by atoms with E-state index in [-0.39, 0.29) is 11.8 Å². The number of likely N-dealkylation sites (tertiary alicyclic amines) is 1. The van der Waals surface area contributed by atoms with E-state index in [0.29, 0.717) is 17.0 Å². The van der Waals surface area contributed by atoms with Crippen molar-refractivity contribution in [3.8, 4) is 0 Å². The number of hydrogen-bond donors (Lipinski definition) is 0. The molecule has 0 aliphatic carbocycles. The minimum Gasteiger partial charge on any atom is -0.366 e. The molecule has 0 radical (unpaired) electrons. The number of hydrogen-bond acceptors (Lipinski definition) is 3. The first-order valence-corrected chi connectivity index (χ1v) is 10.4. The van der Waals surface area contributed by atoms with Crippen LogP contribution in [0.5, 0.6) is 0 Å². The maximum atomic E-state index is 13.6. The smallest absolute Gasteiger partial charge is 0.282 e. The molecule has 4 rings (SSSR count). The number of piperidine rings is 1. The van der Waals surface area contributed by atoms with Crippen molar-refractivity contribution in [2.24, 2.45) is 0 Å². The summed E-state index contributed by atoms with van der Waals surface area (Å²) >= 11 is 0. The van der Waals surface area contributed by atoms with Gasteiger partial charge in [0.15, 0.2) is 0 Å². The number of carbonyl (C=O) groups is 2. The molecular formula is C25H28N2O2. The molecule has 0 bridgehead atoms. The highest BCUT2D eigenvalue weighted by atomic mass is 16.2. The predicted molar refractivity (Wildman–Crippen MR) is 117 cm³/mol. The molecule has 0 saturated carbocycles. The average Bonchev–Trinajstić information content (AvgIpc) is 2.95. The maximum Gasteiger partial charge on any atom is 0.282 e. The van der Waals surface area contributed by atoms with E-state index in [9.17, 15) is 9.59 Å². The Hall–Kier alpha value is -2.88. The van der Waals surface area contributed by atoms with Crippen molar-refractivity contribution in [2.45, 2.75) is 47.0 Å². The third-order valence-electron chi connectivity index (χ3n) is 6.13. The van der Waals surface area contributed by atoms with Gasteiger partial charge in [0.1, 0.15) is 5.70 Å². The van der Waals surface area contributed by atoms with Gasteiger partial charge in [0, 0.05) is 13.1 Å². The largest absolute Gasteiger partial charge is 0.366 e. The standard InChI is InChI=1S/C25H28N2O2/c1-16-8-11-21(19(4)14-16)22-23(26-12-6-5-7-13-26)25(29)27(24(22)28)20-10-9-17(2)18(3)15-20/h8-11,14-15H,5-7,12-13H2,1-4H3. The van der Waals surface area contributed by atoms with Gasteiger partial charge < -0.3 is 4.90 Å². The van der Waals surface area contributed by atoms with Crippen LogP contribution in [0.25, 0.3) is 5.57 Å². The van der Waals surface area contributed by atoms with Crippen molar-refractivity contribution in [2.75, 3.05) is 18.0 Å². The summed E-state index contributed by atoms with van der Waals surface area (Å²) in [6.45, 7) is 9.74. The number of nitrogens with zero attached hydrogens (tertiary/aromatic N) is 2. The Bertz CT molecular complexity index is 1030. The van der Waals surface area contributed by atoms with Crippen LogP contribution in [0.15, 0.2) is 42.1 Å². The quantitative estimate of drug-likeness (QED) is 0.716. The van der Waals surface area contributed by atoms with Gasteiger partial charge in [0.25, 0.3) is 11.8 Å². The zero-order chi connectivity index (χ0) is 20.7. The molecule has 150 valence electrons. The molecule has 2 amide bonds. The zero-order valence-corrected chi connectivity index (χ0v) is 17.7. The minimum atomic E-state index is -0.217. The maximum absolute atomic E-state index is 13.6. The van der Waals surface area contributed by atoms with E-state index in [0.717, 1.165) is 53.7 Å². The molecular weight excluding hydrogens is 360 g/mol. The third kappa shape index (κ3) is 3.37. The van der Waals surface area contributed by atoms with Crippen LogP contribution >= 0.6 is 0 Å². The van der Waals surface area contributed by atoms with E-state index >= 15 is 0 Å². The highest BCUT2D eigenvalue weighted by molar-refractivity contribution is 6.45. The van der Waals surface area contributed by atoms with Crippen molar-refractivity contribution >= 4 is 23.1 Å². The van der Waals surface area contributed by atoms with Crippen molar-refractivity contribution in [3.05, 3.63) is 69.9 Å². The fraction of sp³-hybridized carbons (Fsp3) is 0.360. The van der Waals surface area contributed by atoms with Crippen LogP contribution in [0.1, 0.15) is 47.1 Å². The lowest BCUT2D eigenvalue weighted by Crippen LogP contribution is -2.37. The van der Waals surface area contributed by atoms with Gasteiger partial charge in [-0.05, 0) is 81.3 Å². The Balaban J connectivity index is 1.86. The van der Waals surface area contributed by atoms with Crippen LogP contribution in [0.2, 0.25) is 0 Å². The summed E-state index contributed by atoms with van der Waals surface area (Å²) in [5, 5.41) is 0. The molecule has 1 saturated heterocycles. The number of benzene rings is 2. The van der Waals surface area contributed by atoms with E-state index in [1.807, 2.05) is 58.0 Å². The number of anilines is 1. The third-order valence-corrected chi connectivity index (χ3v) is 6.13. The first kappa shape index (κ1) is 19.4. The van der Waals surface area contributed by atoms with E-state index < -0.39 is 0 Å². The van der Waals surface area contributed by atoms with Crippen molar-refractivity contribution in [1.82, 2.24) is 4.90 Å². The predicted octanol–water partition coefficient (Wildman–Crippen LogP) is 4.69. The summed E-state index contributed by atoms with van der Waals surface area (Å²) in [7, 11) is 0. The summed E-state index contributed by atoms with van der Waals surface area (Å²) in [6, 6.07) is 11.9. The van der Waals surface area contributed by atoms with Crippen molar-refractivity contribution in [3.63, 3.8) is 0 Å². The lowest BCUT2D eigenvalue weighted by molar-refractivity contribution is -0.120. The number of carbonyl (C=O) groups excluding carboxylic acids is 2. The molecule has 2 aromatic rings. The van der Waals surface area contributed by atoms with Gasteiger partial charge in [-0.25, -0.2) is 4.90 Å². The molecule has 4 heteroatoms. The first-order valence-electron chi connectivity index (χ1n) is 10.4. The Morgan fingerprint density at radius 2 is 1.45 bits per heavy atom. The molecule has 29 heavy (non-hydrogen) atoms. The van der Waals surface area contributed by atoms with Crippen LogP contribution in [0.4, 0.5) is 5.69 Å². The number of imide groups is 1. The topological polar surface area (TPSA) is 40.6 Å². The molecule has 1 fully saturated rings. The fourth-order valence-electron chi connectivity index (χ4n) is 4.37. The molecule has 0 atom stereocenters. The van der Waals surface area contributed by atoms with Gasteiger partial charge in [-0.15, -0.1) is 0 Å². The number of amides is 2. The van der Waals surface area contributed by atoms with Gasteiger partial charge in [0.2, 0.25) is 0 Å². The molecule has 2 aliphatic rings. The molecule has 2 heterocycles. The lowest BCUT2D eigenvalue weighted by atomic mass is 9.96. The Morgan fingerprint density at radius 1 is 0.724 bits per heavy atom. The van der Waals surface area contributed by atoms with Gasteiger partial charge in [-0.3, -0.25) is 9.59 Å². The van der Waals surface area contributed by atoms with Gasteiger partial charge in [0.05, 0.1) is 11.3 Å². The fourth-order valence-corrected chi connectivity index (χ4v) is 4.37. The second-order valence-electron chi connectivity index (χ2n) is 8.30. The lowest BCUT2D eigenvalue weighted by Gasteiger charge is -2.29. The molecule has 0 N–H and O–H groups in total. The van der Waals surface area contributed by atoms with Crippen LogP contribution in [-0.4, -0.2) is 29.8 Å². The van der Waals surface area contributed by atoms with Crippen molar-refractivity contribution in [1.29, 1.82) is 0 Å². The molecule has 4 nitrogen and oxygen atoms in total. The van der Waals surface area contributed by atoms with E-state index in [1.54, 1.807) is 0 Å². The highest BCUT2D eigenvalue weighted by Crippen LogP contribution is 2.37. The Kier molecular flexibility index (Phi) is 5.03. The summed E-state index contributed by atoms with van der Waals surface area (Å²) in [5.41, 5.74) is 7.02. The Morgan fingerprint density at radius 3 is 2.10 bits per heavy atom. The summed E-state index contributed by atoms with van der Waals surface area (Å²) in [6.07, 6.45) is 3.27. The van der Waals surface area contributed by atoms with E-state index in [1.165, 1.54) is 11.3 Å². The summed E-state index contributed by atoms with van der Waals surface area (Å²) < 4.78 is 0. The summed E-state index contributed by atoms with van der Waals surface area (Å²) in [5.74, 6) is -0.416.